The summed E-state index contributed by atoms with van der Waals surface area (Å²) in [7, 11) is -0.408. The Balaban J connectivity index is 2.21. The Kier molecular flexibility index (Phi) is 5.25. The maximum absolute atomic E-state index is 12.3. The number of benzene rings is 2. The van der Waals surface area contributed by atoms with Gasteiger partial charge < -0.3 is 0 Å². The minimum atomic E-state index is -3.78. The molecule has 2 N–H and O–H groups in total. The van der Waals surface area contributed by atoms with Crippen LogP contribution in [0, 0.1) is 0 Å². The monoisotopic (exact) mass is 353 g/mol. The molecular weight excluding hydrogens is 338 g/mol. The van der Waals surface area contributed by atoms with Crippen LogP contribution in [-0.4, -0.2) is 33.4 Å². The molecule has 0 bridgehead atoms. The van der Waals surface area contributed by atoms with Gasteiger partial charge >= 0.3 is 0 Å². The summed E-state index contributed by atoms with van der Waals surface area (Å²) in [5.41, 5.74) is 3.23. The first-order chi connectivity index (χ1) is 10.8. The zero-order valence-corrected chi connectivity index (χ0v) is 14.1. The van der Waals surface area contributed by atoms with Gasteiger partial charge in [-0.15, -0.1) is 0 Å². The molecule has 6 nitrogen and oxygen atoms in total. The summed E-state index contributed by atoms with van der Waals surface area (Å²) >= 11 is 5.95. The third-order valence-electron chi connectivity index (χ3n) is 2.87. The molecule has 122 valence electrons. The number of hydrazine groups is 1. The predicted molar refractivity (Wildman–Crippen MR) is 89.9 cm³/mol. The number of carbonyl (C=O) groups is 1. The lowest BCUT2D eigenvalue weighted by molar-refractivity contribution is 0.0857. The molecule has 0 aliphatic rings. The van der Waals surface area contributed by atoms with Crippen LogP contribution in [0.25, 0.3) is 0 Å². The Morgan fingerprint density at radius 3 is 2.22 bits per heavy atom. The fourth-order valence-corrected chi connectivity index (χ4v) is 3.12. The van der Waals surface area contributed by atoms with Gasteiger partial charge in [0.15, 0.2) is 0 Å². The van der Waals surface area contributed by atoms with Crippen LogP contribution in [0.4, 0.5) is 5.69 Å². The number of para-hydroxylation sites is 1. The maximum Gasteiger partial charge on any atom is 0.265 e. The Bertz CT molecular complexity index is 805. The topological polar surface area (TPSA) is 78.5 Å². The van der Waals surface area contributed by atoms with Crippen molar-refractivity contribution >= 4 is 33.2 Å². The second-order valence-electron chi connectivity index (χ2n) is 4.95. The highest BCUT2D eigenvalue weighted by molar-refractivity contribution is 7.92. The van der Waals surface area contributed by atoms with Gasteiger partial charge in [-0.05, 0) is 36.4 Å². The third-order valence-corrected chi connectivity index (χ3v) is 4.58. The highest BCUT2D eigenvalue weighted by Crippen LogP contribution is 2.24. The summed E-state index contributed by atoms with van der Waals surface area (Å²) < 4.78 is 27.1. The van der Waals surface area contributed by atoms with Gasteiger partial charge in [-0.2, -0.15) is 0 Å². The molecule has 1 amide bonds. The van der Waals surface area contributed by atoms with Crippen molar-refractivity contribution in [1.29, 1.82) is 0 Å². The Hall–Kier alpha value is -2.09. The van der Waals surface area contributed by atoms with E-state index in [1.165, 1.54) is 29.3 Å². The Morgan fingerprint density at radius 1 is 1.04 bits per heavy atom. The van der Waals surface area contributed by atoms with Crippen molar-refractivity contribution in [2.24, 2.45) is 0 Å². The normalized spacial score (nSPS) is 11.3. The number of anilines is 1. The van der Waals surface area contributed by atoms with Gasteiger partial charge in [0.25, 0.3) is 15.9 Å². The molecule has 8 heteroatoms. The van der Waals surface area contributed by atoms with E-state index in [4.69, 9.17) is 11.6 Å². The van der Waals surface area contributed by atoms with Crippen LogP contribution < -0.4 is 10.1 Å². The first-order valence-electron chi connectivity index (χ1n) is 6.65. The predicted octanol–water partition coefficient (Wildman–Crippen LogP) is 2.35. The lowest BCUT2D eigenvalue weighted by Gasteiger charge is -2.12. The number of rotatable bonds is 5. The summed E-state index contributed by atoms with van der Waals surface area (Å²) in [6.45, 7) is 0. The molecule has 0 radical (unpaired) electrons. The number of halogens is 1. The fraction of sp³-hybridized carbons (Fsp3) is 0.133. The number of amides is 1. The fourth-order valence-electron chi connectivity index (χ4n) is 1.80. The lowest BCUT2D eigenvalue weighted by atomic mass is 10.2. The van der Waals surface area contributed by atoms with E-state index in [-0.39, 0.29) is 10.8 Å². The summed E-state index contributed by atoms with van der Waals surface area (Å²) in [6, 6.07) is 12.2. The van der Waals surface area contributed by atoms with Gasteiger partial charge in [-0.1, -0.05) is 23.7 Å². The van der Waals surface area contributed by atoms with Crippen LogP contribution in [0.15, 0.2) is 53.4 Å². The highest BCUT2D eigenvalue weighted by Gasteiger charge is 2.16. The van der Waals surface area contributed by atoms with E-state index in [1.54, 1.807) is 38.4 Å². The van der Waals surface area contributed by atoms with Crippen LogP contribution in [0.2, 0.25) is 5.02 Å². The average molecular weight is 354 g/mol. The Labute approximate surface area is 140 Å². The SMILES string of the molecule is CN(C)NC(=O)c1ccc(S(=O)(=O)Nc2ccccc2Cl)cc1. The minimum Gasteiger partial charge on any atom is -0.285 e. The van der Waals surface area contributed by atoms with E-state index in [0.29, 0.717) is 16.3 Å². The molecule has 0 aliphatic carbocycles. The van der Waals surface area contributed by atoms with Crippen molar-refractivity contribution in [1.82, 2.24) is 10.4 Å². The molecule has 0 fully saturated rings. The maximum atomic E-state index is 12.3. The van der Waals surface area contributed by atoms with Crippen molar-refractivity contribution in [3.8, 4) is 0 Å². The molecular formula is C15H16ClN3O3S. The number of hydrogen-bond donors (Lipinski definition) is 2. The number of sulfonamides is 1. The minimum absolute atomic E-state index is 0.0406. The second kappa shape index (κ2) is 6.99. The van der Waals surface area contributed by atoms with E-state index >= 15 is 0 Å². The molecule has 0 aliphatic heterocycles. The Morgan fingerprint density at radius 2 is 1.65 bits per heavy atom. The van der Waals surface area contributed by atoms with Gasteiger partial charge in [-0.25, -0.2) is 13.4 Å². The average Bonchev–Trinajstić information content (AvgIpc) is 2.49. The summed E-state index contributed by atoms with van der Waals surface area (Å²) in [6.07, 6.45) is 0. The number of hydrogen-bond acceptors (Lipinski definition) is 4. The summed E-state index contributed by atoms with van der Waals surface area (Å²) in [5.74, 6) is -0.321. The molecule has 0 unspecified atom stereocenters. The zero-order chi connectivity index (χ0) is 17.0. The third kappa shape index (κ3) is 4.44. The summed E-state index contributed by atoms with van der Waals surface area (Å²) in [5, 5.41) is 1.81. The number of nitrogens with zero attached hydrogens (tertiary/aromatic N) is 1. The standard InChI is InChI=1S/C15H16ClN3O3S/c1-19(2)17-15(20)11-7-9-12(10-8-11)23(21,22)18-14-6-4-3-5-13(14)16/h3-10,18H,1-2H3,(H,17,20). The highest BCUT2D eigenvalue weighted by atomic mass is 35.5. The molecule has 2 rings (SSSR count). The number of carbonyl (C=O) groups excluding carboxylic acids is 1. The van der Waals surface area contributed by atoms with Crippen LogP contribution in [0.1, 0.15) is 10.4 Å². The second-order valence-corrected chi connectivity index (χ2v) is 7.03. The molecule has 0 heterocycles. The molecule has 0 saturated carbocycles. The van der Waals surface area contributed by atoms with Crippen molar-refractivity contribution in [3.05, 3.63) is 59.1 Å². The first kappa shape index (κ1) is 17.3. The summed E-state index contributed by atoms with van der Waals surface area (Å²) in [4.78, 5) is 11.9. The van der Waals surface area contributed by atoms with E-state index in [2.05, 4.69) is 10.1 Å². The van der Waals surface area contributed by atoms with Gasteiger partial charge in [-0.3, -0.25) is 14.9 Å². The molecule has 2 aromatic rings. The smallest absolute Gasteiger partial charge is 0.265 e. The molecule has 0 atom stereocenters. The molecule has 23 heavy (non-hydrogen) atoms. The van der Waals surface area contributed by atoms with E-state index in [9.17, 15) is 13.2 Å². The van der Waals surface area contributed by atoms with Crippen molar-refractivity contribution < 1.29 is 13.2 Å². The zero-order valence-electron chi connectivity index (χ0n) is 12.6. The van der Waals surface area contributed by atoms with Crippen molar-refractivity contribution in [3.63, 3.8) is 0 Å². The number of nitrogens with one attached hydrogen (secondary N) is 2. The molecule has 0 spiro atoms. The molecule has 2 aromatic carbocycles. The van der Waals surface area contributed by atoms with Gasteiger partial charge in [0.2, 0.25) is 0 Å². The van der Waals surface area contributed by atoms with E-state index in [1.807, 2.05) is 0 Å². The van der Waals surface area contributed by atoms with E-state index < -0.39 is 10.0 Å². The van der Waals surface area contributed by atoms with Crippen LogP contribution in [0.3, 0.4) is 0 Å². The van der Waals surface area contributed by atoms with Crippen LogP contribution >= 0.6 is 11.6 Å². The van der Waals surface area contributed by atoms with Crippen molar-refractivity contribution in [2.75, 3.05) is 18.8 Å². The van der Waals surface area contributed by atoms with Gasteiger partial charge in [0.1, 0.15) is 0 Å². The van der Waals surface area contributed by atoms with E-state index in [0.717, 1.165) is 0 Å². The lowest BCUT2D eigenvalue weighted by Crippen LogP contribution is -2.36. The van der Waals surface area contributed by atoms with Gasteiger partial charge in [0, 0.05) is 19.7 Å². The van der Waals surface area contributed by atoms with Gasteiger partial charge in [0.05, 0.1) is 15.6 Å². The molecule has 0 saturated heterocycles. The quantitative estimate of drug-likeness (QED) is 0.809. The van der Waals surface area contributed by atoms with Crippen LogP contribution in [-0.2, 0) is 10.0 Å². The van der Waals surface area contributed by atoms with Crippen LogP contribution in [0.5, 0.6) is 0 Å². The first-order valence-corrected chi connectivity index (χ1v) is 8.51. The molecule has 0 aromatic heterocycles. The largest absolute Gasteiger partial charge is 0.285 e. The van der Waals surface area contributed by atoms with Crippen molar-refractivity contribution in [2.45, 2.75) is 4.90 Å².